The Balaban J connectivity index is 2.07. The fourth-order valence-corrected chi connectivity index (χ4v) is 2.34. The zero-order valence-electron chi connectivity index (χ0n) is 16.3. The van der Waals surface area contributed by atoms with E-state index in [1.807, 2.05) is 14.1 Å². The van der Waals surface area contributed by atoms with Crippen molar-refractivity contribution in [1.29, 1.82) is 0 Å². The first kappa shape index (κ1) is 23.3. The molecule has 0 spiro atoms. The highest BCUT2D eigenvalue weighted by Crippen LogP contribution is 1.98. The van der Waals surface area contributed by atoms with E-state index >= 15 is 0 Å². The lowest BCUT2D eigenvalue weighted by Crippen LogP contribution is -2.40. The number of nitrogens with one attached hydrogen (secondary N) is 4. The number of halogens is 1. The summed E-state index contributed by atoms with van der Waals surface area (Å²) in [5.41, 5.74) is -2.15. The van der Waals surface area contributed by atoms with Gasteiger partial charge in [0, 0.05) is 19.6 Å². The summed E-state index contributed by atoms with van der Waals surface area (Å²) in [5.74, 6) is -1.20. The van der Waals surface area contributed by atoms with Crippen molar-refractivity contribution in [3.63, 3.8) is 0 Å². The average Bonchev–Trinajstić information content (AvgIpc) is 2.63. The van der Waals surface area contributed by atoms with Crippen LogP contribution < -0.4 is 27.2 Å². The molecule has 28 heavy (non-hydrogen) atoms. The normalized spacial score (nSPS) is 10.7. The molecular formula is C17H29FN6O4. The number of urea groups is 1. The monoisotopic (exact) mass is 400 g/mol. The predicted molar refractivity (Wildman–Crippen MR) is 103 cm³/mol. The number of nitrogens with zero attached hydrogens (tertiary/aromatic N) is 2. The molecule has 0 saturated heterocycles. The number of rotatable bonds is 11. The van der Waals surface area contributed by atoms with Gasteiger partial charge in [0.15, 0.2) is 0 Å². The van der Waals surface area contributed by atoms with Crippen LogP contribution in [0.1, 0.15) is 32.1 Å². The van der Waals surface area contributed by atoms with E-state index in [1.165, 1.54) is 0 Å². The molecule has 4 N–H and O–H groups in total. The molecule has 1 rings (SSSR count). The smallest absolute Gasteiger partial charge is 0.336 e. The van der Waals surface area contributed by atoms with E-state index in [4.69, 9.17) is 0 Å². The second kappa shape index (κ2) is 12.7. The van der Waals surface area contributed by atoms with E-state index in [1.54, 1.807) is 4.98 Å². The van der Waals surface area contributed by atoms with E-state index in [9.17, 15) is 23.6 Å². The Morgan fingerprint density at radius 3 is 2.18 bits per heavy atom. The minimum atomic E-state index is -1.20. The molecule has 0 aliphatic rings. The average molecular weight is 400 g/mol. The quantitative estimate of drug-likeness (QED) is 0.390. The Morgan fingerprint density at radius 2 is 1.57 bits per heavy atom. The molecule has 0 unspecified atom stereocenters. The molecule has 0 bridgehead atoms. The predicted octanol–water partition coefficient (Wildman–Crippen LogP) is 0.0447. The number of H-pyrrole nitrogens is 1. The van der Waals surface area contributed by atoms with Crippen LogP contribution in [-0.4, -0.2) is 66.8 Å². The van der Waals surface area contributed by atoms with Gasteiger partial charge >= 0.3 is 17.8 Å². The van der Waals surface area contributed by atoms with Gasteiger partial charge in [0.05, 0.1) is 6.20 Å². The minimum absolute atomic E-state index is 0.176. The Morgan fingerprint density at radius 1 is 1.00 bits per heavy atom. The van der Waals surface area contributed by atoms with Crippen molar-refractivity contribution in [2.75, 3.05) is 40.3 Å². The van der Waals surface area contributed by atoms with Gasteiger partial charge in [-0.2, -0.15) is 4.39 Å². The van der Waals surface area contributed by atoms with E-state index in [0.29, 0.717) is 36.8 Å². The van der Waals surface area contributed by atoms with Crippen LogP contribution in [0.4, 0.5) is 14.0 Å². The van der Waals surface area contributed by atoms with Crippen molar-refractivity contribution in [1.82, 2.24) is 30.4 Å². The van der Waals surface area contributed by atoms with E-state index in [2.05, 4.69) is 20.9 Å². The molecule has 1 aromatic rings. The summed E-state index contributed by atoms with van der Waals surface area (Å²) < 4.78 is 13.6. The lowest BCUT2D eigenvalue weighted by atomic mass is 10.2. The molecule has 0 fully saturated rings. The molecule has 0 atom stereocenters. The topological polar surface area (TPSA) is 128 Å². The third-order valence-corrected chi connectivity index (χ3v) is 3.85. The summed E-state index contributed by atoms with van der Waals surface area (Å²) in [6, 6.07) is -0.975. The van der Waals surface area contributed by atoms with Crippen LogP contribution in [0.3, 0.4) is 0 Å². The third-order valence-electron chi connectivity index (χ3n) is 3.85. The van der Waals surface area contributed by atoms with Crippen molar-refractivity contribution < 1.29 is 14.0 Å². The molecule has 0 aliphatic heterocycles. The Kier molecular flexibility index (Phi) is 10.6. The van der Waals surface area contributed by atoms with Crippen molar-refractivity contribution in [3.8, 4) is 0 Å². The first-order chi connectivity index (χ1) is 13.3. The van der Waals surface area contributed by atoms with E-state index < -0.39 is 23.1 Å². The summed E-state index contributed by atoms with van der Waals surface area (Å²) in [6.07, 6.45) is 4.62. The maximum atomic E-state index is 13.1. The molecule has 1 aromatic heterocycles. The fourth-order valence-electron chi connectivity index (χ4n) is 2.34. The van der Waals surface area contributed by atoms with Gasteiger partial charge < -0.3 is 20.9 Å². The highest BCUT2D eigenvalue weighted by Gasteiger charge is 2.10. The fraction of sp³-hybridized carbons (Fsp3) is 0.647. The number of unbranched alkanes of at least 4 members (excludes halogenated alkanes) is 3. The first-order valence-corrected chi connectivity index (χ1v) is 9.27. The van der Waals surface area contributed by atoms with Gasteiger partial charge in [-0.1, -0.05) is 12.8 Å². The zero-order valence-corrected chi connectivity index (χ0v) is 16.3. The summed E-state index contributed by atoms with van der Waals surface area (Å²) in [4.78, 5) is 49.5. The van der Waals surface area contributed by atoms with Crippen LogP contribution >= 0.6 is 0 Å². The van der Waals surface area contributed by atoms with E-state index in [-0.39, 0.29) is 6.03 Å². The number of aromatic amines is 1. The minimum Gasteiger partial charge on any atom is -0.338 e. The van der Waals surface area contributed by atoms with Crippen molar-refractivity contribution in [2.24, 2.45) is 0 Å². The van der Waals surface area contributed by atoms with Gasteiger partial charge in [0.25, 0.3) is 5.56 Å². The van der Waals surface area contributed by atoms with Gasteiger partial charge in [0.1, 0.15) is 0 Å². The molecule has 1 heterocycles. The molecular weight excluding hydrogens is 371 g/mol. The molecule has 0 radical (unpaired) electrons. The van der Waals surface area contributed by atoms with Crippen LogP contribution in [-0.2, 0) is 0 Å². The molecule has 10 nitrogen and oxygen atoms in total. The first-order valence-electron chi connectivity index (χ1n) is 9.27. The molecule has 0 saturated carbocycles. The summed E-state index contributed by atoms with van der Waals surface area (Å²) in [5, 5.41) is 8.05. The molecule has 158 valence electrons. The maximum Gasteiger partial charge on any atom is 0.336 e. The van der Waals surface area contributed by atoms with Gasteiger partial charge in [-0.25, -0.2) is 19.0 Å². The second-order valence-corrected chi connectivity index (χ2v) is 6.59. The van der Waals surface area contributed by atoms with Crippen LogP contribution in [0.2, 0.25) is 0 Å². The molecule has 11 heteroatoms. The number of carbonyl (C=O) groups is 2. The van der Waals surface area contributed by atoms with Crippen molar-refractivity contribution in [3.05, 3.63) is 32.9 Å². The number of amides is 3. The Hall–Kier alpha value is -2.69. The largest absolute Gasteiger partial charge is 0.338 e. The maximum absolute atomic E-state index is 13.1. The molecule has 0 aromatic carbocycles. The van der Waals surface area contributed by atoms with Gasteiger partial charge in [0.2, 0.25) is 5.82 Å². The lowest BCUT2D eigenvalue weighted by molar-refractivity contribution is 0.239. The highest BCUT2D eigenvalue weighted by molar-refractivity contribution is 5.76. The lowest BCUT2D eigenvalue weighted by Gasteiger charge is -2.10. The third kappa shape index (κ3) is 9.31. The SMILES string of the molecule is CN(C)CCCNC(=O)NCCCCCCNC(=O)n1cc(F)c(=O)[nH]c1=O. The number of hydrogen-bond donors (Lipinski definition) is 4. The molecule has 3 amide bonds. The summed E-state index contributed by atoms with van der Waals surface area (Å²) in [6.45, 7) is 2.43. The van der Waals surface area contributed by atoms with Crippen LogP contribution in [0.25, 0.3) is 0 Å². The Bertz CT molecular complexity index is 746. The van der Waals surface area contributed by atoms with Gasteiger partial charge in [-0.05, 0) is 39.9 Å². The molecule has 0 aliphatic carbocycles. The van der Waals surface area contributed by atoms with Crippen LogP contribution in [0.15, 0.2) is 15.8 Å². The van der Waals surface area contributed by atoms with Gasteiger partial charge in [-0.15, -0.1) is 0 Å². The standard InChI is InChI=1S/C17H29FN6O4/c1-23(2)11-7-10-20-15(26)19-8-5-3-4-6-9-21-16(27)24-12-13(18)14(25)22-17(24)28/h12H,3-11H2,1-2H3,(H,21,27)(H2,19,20,26)(H,22,25,28). The highest BCUT2D eigenvalue weighted by atomic mass is 19.1. The number of aromatic nitrogens is 2. The van der Waals surface area contributed by atoms with Crippen molar-refractivity contribution in [2.45, 2.75) is 32.1 Å². The summed E-state index contributed by atoms with van der Waals surface area (Å²) >= 11 is 0. The van der Waals surface area contributed by atoms with Gasteiger partial charge in [-0.3, -0.25) is 9.78 Å². The number of carbonyl (C=O) groups excluding carboxylic acids is 2. The van der Waals surface area contributed by atoms with Crippen molar-refractivity contribution >= 4 is 12.1 Å². The number of hydrogen-bond acceptors (Lipinski definition) is 5. The van der Waals surface area contributed by atoms with E-state index in [0.717, 1.165) is 32.2 Å². The van der Waals surface area contributed by atoms with Crippen LogP contribution in [0.5, 0.6) is 0 Å². The zero-order chi connectivity index (χ0) is 20.9. The summed E-state index contributed by atoms with van der Waals surface area (Å²) in [7, 11) is 3.96. The van der Waals surface area contributed by atoms with Crippen LogP contribution in [0, 0.1) is 5.82 Å². The Labute approximate surface area is 162 Å². The second-order valence-electron chi connectivity index (χ2n) is 6.59.